The molecule has 7 nitrogen and oxygen atoms in total. The molecule has 2 aromatic rings. The van der Waals surface area contributed by atoms with E-state index in [1.165, 1.54) is 0 Å². The van der Waals surface area contributed by atoms with E-state index in [0.29, 0.717) is 28.4 Å². The zero-order chi connectivity index (χ0) is 19.6. The number of hydrogen-bond acceptors (Lipinski definition) is 4. The number of anilines is 2. The van der Waals surface area contributed by atoms with Gasteiger partial charge in [-0.25, -0.2) is 4.79 Å². The van der Waals surface area contributed by atoms with E-state index in [0.717, 1.165) is 0 Å². The van der Waals surface area contributed by atoms with Gasteiger partial charge >= 0.3 is 6.03 Å². The van der Waals surface area contributed by atoms with Crippen LogP contribution in [0, 0.1) is 0 Å². The lowest BCUT2D eigenvalue weighted by molar-refractivity contribution is -0.0431. The largest absolute Gasteiger partial charge is 0.449 e. The summed E-state index contributed by atoms with van der Waals surface area (Å²) in [4.78, 5) is 24.1. The third kappa shape index (κ3) is 4.69. The maximum atomic E-state index is 12.4. The van der Waals surface area contributed by atoms with Crippen LogP contribution in [-0.4, -0.2) is 23.8 Å². The molecule has 0 saturated carbocycles. The smallest absolute Gasteiger partial charge is 0.319 e. The molecule has 7 heteroatoms. The molecule has 0 spiro atoms. The number of carbonyl (C=O) groups excluding carboxylic acids is 2. The van der Waals surface area contributed by atoms with Gasteiger partial charge in [0, 0.05) is 42.9 Å². The van der Waals surface area contributed by atoms with Gasteiger partial charge in [-0.3, -0.25) is 4.79 Å². The Hall–Kier alpha value is -3.22. The Morgan fingerprint density at radius 2 is 1.52 bits per heavy atom. The lowest BCUT2D eigenvalue weighted by Gasteiger charge is -2.16. The van der Waals surface area contributed by atoms with E-state index >= 15 is 0 Å². The van der Waals surface area contributed by atoms with Crippen molar-refractivity contribution in [2.75, 3.05) is 10.6 Å². The van der Waals surface area contributed by atoms with E-state index < -0.39 is 5.79 Å². The molecular formula is C20H23N3O4. The van der Waals surface area contributed by atoms with Crippen LogP contribution in [-0.2, 0) is 0 Å². The maximum absolute atomic E-state index is 12.4. The lowest BCUT2D eigenvalue weighted by Crippen LogP contribution is -2.34. The van der Waals surface area contributed by atoms with Crippen LogP contribution in [0.15, 0.2) is 42.5 Å². The SMILES string of the molecule is CC(C)NC(=O)Nc1ccc(C(=O)Nc2ccc3c(c2)OC(C)(C)O3)cc1. The molecule has 1 heterocycles. The first-order chi connectivity index (χ1) is 12.7. The molecule has 27 heavy (non-hydrogen) atoms. The van der Waals surface area contributed by atoms with Crippen LogP contribution in [0.3, 0.4) is 0 Å². The number of nitrogens with one attached hydrogen (secondary N) is 3. The number of carbonyl (C=O) groups is 2. The van der Waals surface area contributed by atoms with Gasteiger partial charge in [0.1, 0.15) is 0 Å². The highest BCUT2D eigenvalue weighted by atomic mass is 16.7. The lowest BCUT2D eigenvalue weighted by atomic mass is 10.2. The normalized spacial score (nSPS) is 14.0. The van der Waals surface area contributed by atoms with Crippen LogP contribution in [0.25, 0.3) is 0 Å². The number of ether oxygens (including phenoxy) is 2. The van der Waals surface area contributed by atoms with Crippen molar-refractivity contribution in [2.24, 2.45) is 0 Å². The fraction of sp³-hybridized carbons (Fsp3) is 0.300. The minimum atomic E-state index is -0.713. The highest BCUT2D eigenvalue weighted by Crippen LogP contribution is 2.40. The third-order valence-corrected chi connectivity index (χ3v) is 3.74. The molecule has 3 amide bonds. The number of amides is 3. The summed E-state index contributed by atoms with van der Waals surface area (Å²) >= 11 is 0. The quantitative estimate of drug-likeness (QED) is 0.761. The number of benzene rings is 2. The van der Waals surface area contributed by atoms with Gasteiger partial charge in [-0.1, -0.05) is 0 Å². The predicted octanol–water partition coefficient (Wildman–Crippen LogP) is 3.98. The highest BCUT2D eigenvalue weighted by molar-refractivity contribution is 6.04. The molecule has 0 unspecified atom stereocenters. The zero-order valence-electron chi connectivity index (χ0n) is 15.8. The molecule has 1 aliphatic rings. The second-order valence-electron chi connectivity index (χ2n) is 7.05. The second kappa shape index (κ2) is 7.19. The van der Waals surface area contributed by atoms with E-state index in [4.69, 9.17) is 9.47 Å². The molecule has 0 bridgehead atoms. The van der Waals surface area contributed by atoms with E-state index in [1.54, 1.807) is 42.5 Å². The summed E-state index contributed by atoms with van der Waals surface area (Å²) in [7, 11) is 0. The average Bonchev–Trinajstić information content (AvgIpc) is 2.87. The third-order valence-electron chi connectivity index (χ3n) is 3.74. The molecule has 0 aromatic heterocycles. The predicted molar refractivity (Wildman–Crippen MR) is 103 cm³/mol. The van der Waals surface area contributed by atoms with Gasteiger partial charge in [0.15, 0.2) is 11.5 Å². The molecule has 0 radical (unpaired) electrons. The topological polar surface area (TPSA) is 88.7 Å². The molecule has 3 rings (SSSR count). The minimum absolute atomic E-state index is 0.0438. The summed E-state index contributed by atoms with van der Waals surface area (Å²) < 4.78 is 11.3. The Morgan fingerprint density at radius 3 is 2.19 bits per heavy atom. The number of fused-ring (bicyclic) bond motifs is 1. The number of hydrogen-bond donors (Lipinski definition) is 3. The van der Waals surface area contributed by atoms with Gasteiger partial charge in [0.05, 0.1) is 0 Å². The summed E-state index contributed by atoms with van der Waals surface area (Å²) in [5.74, 6) is 0.267. The Kier molecular flexibility index (Phi) is 4.94. The first-order valence-corrected chi connectivity index (χ1v) is 8.73. The number of rotatable bonds is 4. The van der Waals surface area contributed by atoms with E-state index in [9.17, 15) is 9.59 Å². The summed E-state index contributed by atoms with van der Waals surface area (Å²) in [6.45, 7) is 7.40. The van der Waals surface area contributed by atoms with Crippen molar-refractivity contribution >= 4 is 23.3 Å². The molecule has 0 fully saturated rings. The van der Waals surface area contributed by atoms with Crippen molar-refractivity contribution in [3.63, 3.8) is 0 Å². The molecule has 2 aromatic carbocycles. The van der Waals surface area contributed by atoms with Gasteiger partial charge < -0.3 is 25.4 Å². The standard InChI is InChI=1S/C20H23N3O4/c1-12(2)21-19(25)23-14-7-5-13(6-8-14)18(24)22-15-9-10-16-17(11-15)27-20(3,4)26-16/h5-12H,1-4H3,(H,22,24)(H2,21,23,25). The Balaban J connectivity index is 1.63. The van der Waals surface area contributed by atoms with Crippen molar-refractivity contribution in [1.82, 2.24) is 5.32 Å². The highest BCUT2D eigenvalue weighted by Gasteiger charge is 2.31. The number of urea groups is 1. The summed E-state index contributed by atoms with van der Waals surface area (Å²) in [6, 6.07) is 11.7. The minimum Gasteiger partial charge on any atom is -0.449 e. The van der Waals surface area contributed by atoms with Crippen LogP contribution in [0.4, 0.5) is 16.2 Å². The van der Waals surface area contributed by atoms with Crippen LogP contribution in [0.2, 0.25) is 0 Å². The first-order valence-electron chi connectivity index (χ1n) is 8.73. The molecule has 0 aliphatic carbocycles. The van der Waals surface area contributed by atoms with Gasteiger partial charge in [-0.05, 0) is 50.2 Å². The summed E-state index contributed by atoms with van der Waals surface area (Å²) in [5, 5.41) is 8.28. The van der Waals surface area contributed by atoms with E-state index in [2.05, 4.69) is 16.0 Å². The zero-order valence-corrected chi connectivity index (χ0v) is 15.8. The van der Waals surface area contributed by atoms with Gasteiger partial charge in [-0.2, -0.15) is 0 Å². The molecule has 3 N–H and O–H groups in total. The van der Waals surface area contributed by atoms with E-state index in [1.807, 2.05) is 27.7 Å². The average molecular weight is 369 g/mol. The van der Waals surface area contributed by atoms with Crippen LogP contribution < -0.4 is 25.4 Å². The molecule has 0 atom stereocenters. The van der Waals surface area contributed by atoms with Crippen molar-refractivity contribution in [1.29, 1.82) is 0 Å². The van der Waals surface area contributed by atoms with E-state index in [-0.39, 0.29) is 18.0 Å². The maximum Gasteiger partial charge on any atom is 0.319 e. The second-order valence-corrected chi connectivity index (χ2v) is 7.05. The summed E-state index contributed by atoms with van der Waals surface area (Å²) in [5.41, 5.74) is 1.69. The van der Waals surface area contributed by atoms with Gasteiger partial charge in [0.25, 0.3) is 5.91 Å². The van der Waals surface area contributed by atoms with Crippen molar-refractivity contribution in [3.05, 3.63) is 48.0 Å². The fourth-order valence-electron chi connectivity index (χ4n) is 2.64. The monoisotopic (exact) mass is 369 g/mol. The molecule has 0 saturated heterocycles. The fourth-order valence-corrected chi connectivity index (χ4v) is 2.64. The molecular weight excluding hydrogens is 346 g/mol. The van der Waals surface area contributed by atoms with Crippen LogP contribution in [0.5, 0.6) is 11.5 Å². The van der Waals surface area contributed by atoms with Gasteiger partial charge in [-0.15, -0.1) is 0 Å². The van der Waals surface area contributed by atoms with Crippen molar-refractivity contribution < 1.29 is 19.1 Å². The molecule has 142 valence electrons. The molecule has 1 aliphatic heterocycles. The van der Waals surface area contributed by atoms with Crippen LogP contribution in [0.1, 0.15) is 38.1 Å². The van der Waals surface area contributed by atoms with Crippen molar-refractivity contribution in [2.45, 2.75) is 39.5 Å². The Bertz CT molecular complexity index is 860. The summed E-state index contributed by atoms with van der Waals surface area (Å²) in [6.07, 6.45) is 0. The first kappa shape index (κ1) is 18.6. The van der Waals surface area contributed by atoms with Crippen LogP contribution >= 0.6 is 0 Å². The van der Waals surface area contributed by atoms with Gasteiger partial charge in [0.2, 0.25) is 5.79 Å². The Morgan fingerprint density at radius 1 is 0.889 bits per heavy atom. The Labute approximate surface area is 158 Å². The van der Waals surface area contributed by atoms with Crippen molar-refractivity contribution in [3.8, 4) is 11.5 Å².